The minimum Gasteiger partial charge on any atom is -0.439 e. The van der Waals surface area contributed by atoms with Gasteiger partial charge in [0.1, 0.15) is 7.05 Å². The van der Waals surface area contributed by atoms with E-state index in [1.165, 1.54) is 11.1 Å². The molecule has 5 heteroatoms. The summed E-state index contributed by atoms with van der Waals surface area (Å²) in [5.74, 6) is 2.54. The van der Waals surface area contributed by atoms with Crippen LogP contribution in [-0.4, -0.2) is 7.05 Å². The predicted molar refractivity (Wildman–Crippen MR) is 136 cm³/mol. The first-order valence-electron chi connectivity index (χ1n) is 11.2. The van der Waals surface area contributed by atoms with Gasteiger partial charge >= 0.3 is 5.89 Å². The summed E-state index contributed by atoms with van der Waals surface area (Å²) in [7, 11) is 4.04. The third-order valence-corrected chi connectivity index (χ3v) is 6.11. The molecule has 2 aromatic carbocycles. The number of unbranched alkanes of at least 4 members (excludes halogenated alkanes) is 1. The molecule has 4 nitrogen and oxygen atoms in total. The Bertz CT molecular complexity index is 1280. The molecule has 1 aliphatic heterocycles. The molecule has 170 valence electrons. The number of nitrogens with zero attached hydrogens (tertiary/aromatic N) is 2. The van der Waals surface area contributed by atoms with Crippen LogP contribution in [-0.2, 0) is 7.05 Å². The molecular weight excluding hydrogens is 432 g/mol. The van der Waals surface area contributed by atoms with Crippen LogP contribution in [0.5, 0.6) is 5.75 Å². The molecule has 3 aromatic rings. The average Bonchev–Trinajstić information content (AvgIpc) is 3.29. The van der Waals surface area contributed by atoms with E-state index in [4.69, 9.17) is 20.8 Å². The number of allylic oxidation sites excluding steroid dienone is 5. The highest BCUT2D eigenvalue weighted by Gasteiger charge is 2.22. The maximum atomic E-state index is 6.07. The van der Waals surface area contributed by atoms with Crippen molar-refractivity contribution in [3.05, 3.63) is 94.7 Å². The molecule has 0 spiro atoms. The van der Waals surface area contributed by atoms with E-state index in [1.807, 2.05) is 44.5 Å². The van der Waals surface area contributed by atoms with Gasteiger partial charge in [0.25, 0.3) is 5.52 Å². The highest BCUT2D eigenvalue weighted by Crippen LogP contribution is 2.38. The van der Waals surface area contributed by atoms with Gasteiger partial charge in [-0.05, 0) is 80.2 Å². The number of oxazole rings is 1. The highest BCUT2D eigenvalue weighted by molar-refractivity contribution is 6.25. The Labute approximate surface area is 200 Å². The van der Waals surface area contributed by atoms with Crippen LogP contribution in [0, 0.1) is 13.8 Å². The van der Waals surface area contributed by atoms with Crippen LogP contribution in [0.15, 0.2) is 82.1 Å². The number of halogens is 1. The number of ether oxygens (including phenoxy) is 1. The highest BCUT2D eigenvalue weighted by atomic mass is 35.5. The molecule has 33 heavy (non-hydrogen) atoms. The molecule has 4 rings (SSSR count). The van der Waals surface area contributed by atoms with Crippen molar-refractivity contribution in [2.24, 2.45) is 7.05 Å². The van der Waals surface area contributed by atoms with Crippen LogP contribution < -0.4 is 14.2 Å². The Morgan fingerprint density at radius 1 is 1.12 bits per heavy atom. The van der Waals surface area contributed by atoms with Gasteiger partial charge in [0.2, 0.25) is 5.58 Å². The Kier molecular flexibility index (Phi) is 7.05. The topological polar surface area (TPSA) is 29.5 Å². The fourth-order valence-electron chi connectivity index (χ4n) is 3.87. The van der Waals surface area contributed by atoms with Crippen molar-refractivity contribution in [2.45, 2.75) is 33.1 Å². The van der Waals surface area contributed by atoms with E-state index in [0.717, 1.165) is 59.1 Å². The fraction of sp³-hybridized carbons (Fsp3) is 0.250. The van der Waals surface area contributed by atoms with E-state index < -0.39 is 0 Å². The van der Waals surface area contributed by atoms with Gasteiger partial charge in [0.05, 0.1) is 11.8 Å². The third-order valence-electron chi connectivity index (χ3n) is 5.83. The second-order valence-electron chi connectivity index (χ2n) is 8.45. The average molecular weight is 462 g/mol. The van der Waals surface area contributed by atoms with Crippen molar-refractivity contribution >= 4 is 34.5 Å². The molecule has 0 radical (unpaired) electrons. The Morgan fingerprint density at radius 2 is 1.91 bits per heavy atom. The molecule has 0 atom stereocenters. The monoisotopic (exact) mass is 461 g/mol. The molecule has 0 aliphatic carbocycles. The number of aromatic nitrogens is 1. The Hall–Kier alpha value is -3.24. The minimum absolute atomic E-state index is 0.801. The van der Waals surface area contributed by atoms with E-state index >= 15 is 0 Å². The molecule has 0 saturated carbocycles. The quantitative estimate of drug-likeness (QED) is 0.213. The molecule has 2 heterocycles. The van der Waals surface area contributed by atoms with Crippen molar-refractivity contribution in [3.8, 4) is 5.75 Å². The van der Waals surface area contributed by atoms with Crippen LogP contribution >= 0.6 is 11.6 Å². The second kappa shape index (κ2) is 10.1. The zero-order chi connectivity index (χ0) is 23.4. The second-order valence-corrected chi connectivity index (χ2v) is 8.66. The first kappa shape index (κ1) is 22.9. The normalized spacial score (nSPS) is 15.4. The van der Waals surface area contributed by atoms with Gasteiger partial charge < -0.3 is 14.1 Å². The van der Waals surface area contributed by atoms with Crippen molar-refractivity contribution < 1.29 is 13.7 Å². The zero-order valence-corrected chi connectivity index (χ0v) is 20.4. The number of hydrogen-bond acceptors (Lipinski definition) is 3. The van der Waals surface area contributed by atoms with Gasteiger partial charge in [0.15, 0.2) is 11.6 Å². The van der Waals surface area contributed by atoms with Crippen LogP contribution in [0.1, 0.15) is 36.3 Å². The summed E-state index contributed by atoms with van der Waals surface area (Å²) >= 11 is 6.07. The SMILES string of the molecule is Cc1ccc2c(c1)N(C)C(=CC=CCCC/C(C=Cc1oc3ccc(C)cc3[n+]1C)=C/Cl)O2. The number of aryl methyl sites for hydroxylation is 3. The third kappa shape index (κ3) is 5.23. The molecule has 0 fully saturated rings. The fourth-order valence-corrected chi connectivity index (χ4v) is 4.05. The van der Waals surface area contributed by atoms with E-state index in [-0.39, 0.29) is 0 Å². The predicted octanol–water partition coefficient (Wildman–Crippen LogP) is 7.11. The van der Waals surface area contributed by atoms with Crippen LogP contribution in [0.2, 0.25) is 0 Å². The standard InChI is InChI=1S/C28H30ClN2O2/c1-20-11-14-25-23(17-20)30(3)27(32-25)10-8-6-5-7-9-22(19-29)13-16-28-31(4)24-18-21(2)12-15-26(24)33-28/h6,8,10-19H,5,7,9H2,1-4H3/q+1/b8-6?,16-13?,22-19-,27-10?. The molecule has 0 unspecified atom stereocenters. The van der Waals surface area contributed by atoms with E-state index in [9.17, 15) is 0 Å². The lowest BCUT2D eigenvalue weighted by Gasteiger charge is -2.10. The first-order valence-corrected chi connectivity index (χ1v) is 11.7. The number of fused-ring (bicyclic) bond motifs is 2. The summed E-state index contributed by atoms with van der Waals surface area (Å²) in [6.45, 7) is 4.17. The number of hydrogen-bond donors (Lipinski definition) is 0. The lowest BCUT2D eigenvalue weighted by atomic mass is 10.1. The van der Waals surface area contributed by atoms with Gasteiger partial charge in [-0.3, -0.25) is 0 Å². The Balaban J connectivity index is 1.29. The van der Waals surface area contributed by atoms with E-state index in [2.05, 4.69) is 59.7 Å². The molecule has 0 saturated heterocycles. The van der Waals surface area contributed by atoms with Crippen molar-refractivity contribution in [1.82, 2.24) is 0 Å². The van der Waals surface area contributed by atoms with Gasteiger partial charge in [0, 0.05) is 18.6 Å². The van der Waals surface area contributed by atoms with Gasteiger partial charge in [-0.2, -0.15) is 4.57 Å². The molecule has 0 N–H and O–H groups in total. The Morgan fingerprint density at radius 3 is 2.73 bits per heavy atom. The van der Waals surface area contributed by atoms with Crippen LogP contribution in [0.4, 0.5) is 5.69 Å². The number of anilines is 1. The minimum atomic E-state index is 0.801. The maximum absolute atomic E-state index is 6.07. The number of rotatable bonds is 7. The molecule has 0 bridgehead atoms. The molecular formula is C28H30ClN2O2+. The van der Waals surface area contributed by atoms with Crippen molar-refractivity contribution in [3.63, 3.8) is 0 Å². The summed E-state index contributed by atoms with van der Waals surface area (Å²) in [6, 6.07) is 12.4. The van der Waals surface area contributed by atoms with Gasteiger partial charge in [-0.1, -0.05) is 35.9 Å². The van der Waals surface area contributed by atoms with Crippen LogP contribution in [0.3, 0.4) is 0 Å². The summed E-state index contributed by atoms with van der Waals surface area (Å²) in [4.78, 5) is 2.07. The van der Waals surface area contributed by atoms with E-state index in [0.29, 0.717) is 0 Å². The summed E-state index contributed by atoms with van der Waals surface area (Å²) in [6.07, 6.45) is 13.1. The summed E-state index contributed by atoms with van der Waals surface area (Å²) < 4.78 is 14.0. The molecule has 1 aliphatic rings. The zero-order valence-electron chi connectivity index (χ0n) is 19.6. The summed E-state index contributed by atoms with van der Waals surface area (Å²) in [5, 5.41) is 0. The molecule has 0 amide bonds. The smallest absolute Gasteiger partial charge is 0.373 e. The maximum Gasteiger partial charge on any atom is 0.373 e. The lowest BCUT2D eigenvalue weighted by Crippen LogP contribution is -2.29. The lowest BCUT2D eigenvalue weighted by molar-refractivity contribution is -0.652. The van der Waals surface area contributed by atoms with E-state index in [1.54, 1.807) is 5.54 Å². The first-order chi connectivity index (χ1) is 16.0. The summed E-state index contributed by atoms with van der Waals surface area (Å²) in [5.41, 5.74) is 8.23. The van der Waals surface area contributed by atoms with Crippen molar-refractivity contribution in [1.29, 1.82) is 0 Å². The van der Waals surface area contributed by atoms with Gasteiger partial charge in [-0.15, -0.1) is 0 Å². The van der Waals surface area contributed by atoms with Crippen molar-refractivity contribution in [2.75, 3.05) is 11.9 Å². The molecule has 1 aromatic heterocycles. The largest absolute Gasteiger partial charge is 0.439 e. The number of benzene rings is 2. The van der Waals surface area contributed by atoms with Crippen LogP contribution in [0.25, 0.3) is 17.2 Å². The van der Waals surface area contributed by atoms with Gasteiger partial charge in [-0.25, -0.2) is 0 Å².